The Hall–Kier alpha value is -1.10. The van der Waals surface area contributed by atoms with Crippen molar-refractivity contribution in [1.82, 2.24) is 4.90 Å². The van der Waals surface area contributed by atoms with E-state index < -0.39 is 11.4 Å². The molecule has 0 atom stereocenters. The van der Waals surface area contributed by atoms with Gasteiger partial charge in [-0.1, -0.05) is 6.42 Å². The summed E-state index contributed by atoms with van der Waals surface area (Å²) in [6, 6.07) is 0. The third-order valence-corrected chi connectivity index (χ3v) is 4.07. The Labute approximate surface area is 107 Å². The lowest BCUT2D eigenvalue weighted by atomic mass is 9.79. The molecule has 0 spiro atoms. The van der Waals surface area contributed by atoms with E-state index in [1.165, 1.54) is 0 Å². The average Bonchev–Trinajstić information content (AvgIpc) is 2.56. The standard InChI is InChI=1S/C13H21NO4/c15-11-4-2-1-3-7-14(11)10-13(12(16)17)5-8-18-9-6-13/h1-10H2,(H,16,17). The van der Waals surface area contributed by atoms with Gasteiger partial charge in [0.25, 0.3) is 0 Å². The highest BCUT2D eigenvalue weighted by molar-refractivity contribution is 5.79. The maximum absolute atomic E-state index is 12.0. The van der Waals surface area contributed by atoms with Gasteiger partial charge in [0.05, 0.1) is 5.41 Å². The van der Waals surface area contributed by atoms with E-state index in [4.69, 9.17) is 4.74 Å². The minimum absolute atomic E-state index is 0.111. The van der Waals surface area contributed by atoms with Gasteiger partial charge in [0, 0.05) is 32.7 Å². The molecule has 5 nitrogen and oxygen atoms in total. The van der Waals surface area contributed by atoms with E-state index in [9.17, 15) is 14.7 Å². The van der Waals surface area contributed by atoms with Crippen molar-refractivity contribution >= 4 is 11.9 Å². The van der Waals surface area contributed by atoms with Gasteiger partial charge in [-0.3, -0.25) is 9.59 Å². The number of carboxylic acid groups (broad SMARTS) is 1. The molecule has 0 aromatic heterocycles. The predicted octanol–water partition coefficient (Wildman–Crippen LogP) is 1.27. The van der Waals surface area contributed by atoms with Crippen LogP contribution in [0.15, 0.2) is 0 Å². The van der Waals surface area contributed by atoms with E-state index >= 15 is 0 Å². The third-order valence-electron chi connectivity index (χ3n) is 4.07. The fourth-order valence-corrected chi connectivity index (χ4v) is 2.77. The van der Waals surface area contributed by atoms with Gasteiger partial charge in [0.1, 0.15) is 0 Å². The maximum atomic E-state index is 12.0. The lowest BCUT2D eigenvalue weighted by molar-refractivity contribution is -0.158. The van der Waals surface area contributed by atoms with Crippen molar-refractivity contribution in [1.29, 1.82) is 0 Å². The van der Waals surface area contributed by atoms with Crippen LogP contribution in [0, 0.1) is 5.41 Å². The highest BCUT2D eigenvalue weighted by Crippen LogP contribution is 2.32. The van der Waals surface area contributed by atoms with Gasteiger partial charge in [0.2, 0.25) is 5.91 Å². The van der Waals surface area contributed by atoms with Gasteiger partial charge in [-0.05, 0) is 25.7 Å². The molecule has 2 heterocycles. The van der Waals surface area contributed by atoms with Crippen molar-refractivity contribution < 1.29 is 19.4 Å². The van der Waals surface area contributed by atoms with Crippen LogP contribution >= 0.6 is 0 Å². The van der Waals surface area contributed by atoms with Crippen LogP contribution in [0.1, 0.15) is 38.5 Å². The lowest BCUT2D eigenvalue weighted by Gasteiger charge is -2.37. The smallest absolute Gasteiger partial charge is 0.311 e. The summed E-state index contributed by atoms with van der Waals surface area (Å²) < 4.78 is 5.25. The Balaban J connectivity index is 2.07. The summed E-state index contributed by atoms with van der Waals surface area (Å²) in [6.45, 7) is 2.02. The largest absolute Gasteiger partial charge is 0.481 e. The number of carboxylic acids is 1. The second-order valence-corrected chi connectivity index (χ2v) is 5.32. The number of amides is 1. The Morgan fingerprint density at radius 3 is 2.67 bits per heavy atom. The van der Waals surface area contributed by atoms with Crippen molar-refractivity contribution in [3.8, 4) is 0 Å². The number of carbonyl (C=O) groups excluding carboxylic acids is 1. The molecule has 2 aliphatic rings. The molecule has 5 heteroatoms. The second-order valence-electron chi connectivity index (χ2n) is 5.32. The Kier molecular flexibility index (Phi) is 4.22. The minimum atomic E-state index is -0.793. The monoisotopic (exact) mass is 255 g/mol. The predicted molar refractivity (Wildman–Crippen MR) is 65.2 cm³/mol. The van der Waals surface area contributed by atoms with Gasteiger partial charge in [-0.25, -0.2) is 0 Å². The molecule has 0 aromatic rings. The van der Waals surface area contributed by atoms with E-state index in [-0.39, 0.29) is 5.91 Å². The summed E-state index contributed by atoms with van der Waals surface area (Å²) in [5.41, 5.74) is -0.793. The number of carbonyl (C=O) groups is 2. The average molecular weight is 255 g/mol. The molecule has 2 aliphatic heterocycles. The van der Waals surface area contributed by atoms with Crippen LogP contribution < -0.4 is 0 Å². The maximum Gasteiger partial charge on any atom is 0.311 e. The molecule has 1 amide bonds. The van der Waals surface area contributed by atoms with Crippen LogP contribution in [0.4, 0.5) is 0 Å². The summed E-state index contributed by atoms with van der Waals surface area (Å²) in [5.74, 6) is -0.678. The van der Waals surface area contributed by atoms with Crippen molar-refractivity contribution in [3.63, 3.8) is 0 Å². The SMILES string of the molecule is O=C1CCCCCN1CC1(C(=O)O)CCOCC1. The Bertz CT molecular complexity index is 323. The van der Waals surface area contributed by atoms with E-state index in [0.29, 0.717) is 45.6 Å². The quantitative estimate of drug-likeness (QED) is 0.824. The second kappa shape index (κ2) is 5.69. The van der Waals surface area contributed by atoms with Crippen LogP contribution in [-0.2, 0) is 14.3 Å². The fourth-order valence-electron chi connectivity index (χ4n) is 2.77. The van der Waals surface area contributed by atoms with Crippen molar-refractivity contribution in [2.45, 2.75) is 38.5 Å². The molecule has 0 bridgehead atoms. The molecule has 0 aromatic carbocycles. The molecular formula is C13H21NO4. The zero-order chi connectivity index (χ0) is 13.0. The first-order chi connectivity index (χ1) is 8.64. The number of aliphatic carboxylic acids is 1. The van der Waals surface area contributed by atoms with Gasteiger partial charge < -0.3 is 14.7 Å². The molecule has 2 fully saturated rings. The van der Waals surface area contributed by atoms with Crippen molar-refractivity contribution in [2.24, 2.45) is 5.41 Å². The van der Waals surface area contributed by atoms with Gasteiger partial charge >= 0.3 is 5.97 Å². The molecule has 18 heavy (non-hydrogen) atoms. The first kappa shape index (κ1) is 13.3. The molecule has 0 saturated carbocycles. The number of rotatable bonds is 3. The zero-order valence-electron chi connectivity index (χ0n) is 10.7. The highest BCUT2D eigenvalue weighted by Gasteiger charge is 2.42. The molecule has 0 unspecified atom stereocenters. The molecule has 2 rings (SSSR count). The molecule has 1 N–H and O–H groups in total. The minimum Gasteiger partial charge on any atom is -0.481 e. The van der Waals surface area contributed by atoms with Crippen LogP contribution in [0.25, 0.3) is 0 Å². The van der Waals surface area contributed by atoms with Crippen LogP contribution in [-0.4, -0.2) is 48.2 Å². The molecule has 0 radical (unpaired) electrons. The fraction of sp³-hybridized carbons (Fsp3) is 0.846. The molecule has 2 saturated heterocycles. The van der Waals surface area contributed by atoms with Crippen molar-refractivity contribution in [3.05, 3.63) is 0 Å². The summed E-state index contributed by atoms with van der Waals surface area (Å²) in [7, 11) is 0. The number of hydrogen-bond donors (Lipinski definition) is 1. The van der Waals surface area contributed by atoms with Gasteiger partial charge in [-0.2, -0.15) is 0 Å². The summed E-state index contributed by atoms with van der Waals surface area (Å²) in [5, 5.41) is 9.48. The topological polar surface area (TPSA) is 66.8 Å². The van der Waals surface area contributed by atoms with E-state index in [1.54, 1.807) is 4.90 Å². The number of hydrogen-bond acceptors (Lipinski definition) is 3. The van der Waals surface area contributed by atoms with E-state index in [1.807, 2.05) is 0 Å². The first-order valence-corrected chi connectivity index (χ1v) is 6.73. The zero-order valence-corrected chi connectivity index (χ0v) is 10.7. The van der Waals surface area contributed by atoms with Crippen molar-refractivity contribution in [2.75, 3.05) is 26.3 Å². The van der Waals surface area contributed by atoms with E-state index in [2.05, 4.69) is 0 Å². The lowest BCUT2D eigenvalue weighted by Crippen LogP contribution is -2.48. The number of nitrogens with zero attached hydrogens (tertiary/aromatic N) is 1. The third kappa shape index (κ3) is 2.83. The first-order valence-electron chi connectivity index (χ1n) is 6.73. The van der Waals surface area contributed by atoms with Crippen LogP contribution in [0.5, 0.6) is 0 Å². The Morgan fingerprint density at radius 1 is 1.28 bits per heavy atom. The highest BCUT2D eigenvalue weighted by atomic mass is 16.5. The molecular weight excluding hydrogens is 234 g/mol. The summed E-state index contributed by atoms with van der Waals surface area (Å²) in [4.78, 5) is 25.3. The van der Waals surface area contributed by atoms with Crippen LogP contribution in [0.2, 0.25) is 0 Å². The molecule has 0 aliphatic carbocycles. The normalized spacial score (nSPS) is 24.7. The summed E-state index contributed by atoms with van der Waals surface area (Å²) >= 11 is 0. The van der Waals surface area contributed by atoms with Crippen LogP contribution in [0.3, 0.4) is 0 Å². The van der Waals surface area contributed by atoms with Gasteiger partial charge in [0.15, 0.2) is 0 Å². The number of likely N-dealkylation sites (tertiary alicyclic amines) is 1. The molecule has 102 valence electrons. The summed E-state index contributed by atoms with van der Waals surface area (Å²) in [6.07, 6.45) is 4.55. The Morgan fingerprint density at radius 2 is 2.00 bits per heavy atom. The van der Waals surface area contributed by atoms with E-state index in [0.717, 1.165) is 19.3 Å². The number of ether oxygens (including phenoxy) is 1. The van der Waals surface area contributed by atoms with Gasteiger partial charge in [-0.15, -0.1) is 0 Å².